The van der Waals surface area contributed by atoms with Crippen molar-refractivity contribution in [2.24, 2.45) is 0 Å². The molecule has 0 aromatic carbocycles. The Bertz CT molecular complexity index is 188. The van der Waals surface area contributed by atoms with Gasteiger partial charge in [-0.05, 0) is 18.3 Å². The molecule has 0 amide bonds. The number of thiol groups is 1. The first kappa shape index (κ1) is 6.82. The van der Waals surface area contributed by atoms with Crippen LogP contribution in [0, 0.1) is 0 Å². The Morgan fingerprint density at radius 1 is 1.67 bits per heavy atom. The van der Waals surface area contributed by atoms with E-state index in [-0.39, 0.29) is 0 Å². The average Bonchev–Trinajstić information content (AvgIpc) is 2.17. The van der Waals surface area contributed by atoms with Gasteiger partial charge in [0.25, 0.3) is 5.19 Å². The Balaban J connectivity index is 2.61. The minimum Gasteiger partial charge on any atom is -0.469 e. The van der Waals surface area contributed by atoms with Crippen LogP contribution in [0.5, 0.6) is 5.19 Å². The Labute approximate surface area is 62.5 Å². The summed E-state index contributed by atoms with van der Waals surface area (Å²) in [5.41, 5.74) is 0. The average molecular weight is 162 g/mol. The molecule has 0 N–H and O–H groups in total. The maximum Gasteiger partial charge on any atom is 0.294 e. The van der Waals surface area contributed by atoms with Crippen molar-refractivity contribution in [2.45, 2.75) is 11.3 Å². The van der Waals surface area contributed by atoms with E-state index in [2.05, 4.69) is 22.8 Å². The largest absolute Gasteiger partial charge is 0.469 e. The molecule has 0 spiro atoms. The molecular weight excluding hydrogens is 156 g/mol. The fraction of sp³-hybridized carbons (Fsp3) is 0.500. The Morgan fingerprint density at radius 3 is 2.89 bits per heavy atom. The second kappa shape index (κ2) is 3.03. The molecule has 0 atom stereocenters. The molecule has 9 heavy (non-hydrogen) atoms. The van der Waals surface area contributed by atoms with E-state index in [0.29, 0.717) is 16.1 Å². The first-order valence-electron chi connectivity index (χ1n) is 2.48. The van der Waals surface area contributed by atoms with E-state index >= 15 is 0 Å². The lowest BCUT2D eigenvalue weighted by Gasteiger charge is -1.90. The van der Waals surface area contributed by atoms with Gasteiger partial charge in [0, 0.05) is 0 Å². The van der Waals surface area contributed by atoms with Gasteiger partial charge in [-0.25, -0.2) is 0 Å². The van der Waals surface area contributed by atoms with Crippen LogP contribution in [0.3, 0.4) is 0 Å². The highest BCUT2D eigenvalue weighted by Crippen LogP contribution is 2.19. The van der Waals surface area contributed by atoms with Crippen molar-refractivity contribution in [3.63, 3.8) is 0 Å². The molecule has 0 bridgehead atoms. The smallest absolute Gasteiger partial charge is 0.294 e. The molecule has 1 heterocycles. The maximum atomic E-state index is 5.02. The molecule has 1 rings (SSSR count). The van der Waals surface area contributed by atoms with Gasteiger partial charge in [0.05, 0.1) is 6.61 Å². The van der Waals surface area contributed by atoms with Crippen molar-refractivity contribution in [1.82, 2.24) is 10.2 Å². The van der Waals surface area contributed by atoms with Crippen LogP contribution in [0.2, 0.25) is 0 Å². The summed E-state index contributed by atoms with van der Waals surface area (Å²) in [6, 6.07) is 0. The van der Waals surface area contributed by atoms with E-state index in [4.69, 9.17) is 4.74 Å². The molecule has 0 radical (unpaired) electrons. The molecule has 3 nitrogen and oxygen atoms in total. The highest BCUT2D eigenvalue weighted by molar-refractivity contribution is 7.82. The lowest BCUT2D eigenvalue weighted by atomic mass is 10.9. The zero-order valence-electron chi connectivity index (χ0n) is 4.87. The van der Waals surface area contributed by atoms with Crippen LogP contribution < -0.4 is 4.74 Å². The van der Waals surface area contributed by atoms with Crippen LogP contribution in [0.25, 0.3) is 0 Å². The van der Waals surface area contributed by atoms with Crippen LogP contribution in [0.1, 0.15) is 6.92 Å². The summed E-state index contributed by atoms with van der Waals surface area (Å²) in [7, 11) is 0. The zero-order valence-corrected chi connectivity index (χ0v) is 6.58. The molecule has 5 heteroatoms. The highest BCUT2D eigenvalue weighted by atomic mass is 32.2. The second-order valence-corrected chi connectivity index (χ2v) is 2.95. The fourth-order valence-electron chi connectivity index (χ4n) is 0.384. The summed E-state index contributed by atoms with van der Waals surface area (Å²) in [5, 5.41) is 7.90. The number of hydrogen-bond acceptors (Lipinski definition) is 5. The van der Waals surface area contributed by atoms with Crippen molar-refractivity contribution in [1.29, 1.82) is 0 Å². The van der Waals surface area contributed by atoms with Crippen LogP contribution in [-0.2, 0) is 0 Å². The second-order valence-electron chi connectivity index (χ2n) is 1.28. The van der Waals surface area contributed by atoms with E-state index in [9.17, 15) is 0 Å². The quantitative estimate of drug-likeness (QED) is 0.664. The molecule has 0 aliphatic heterocycles. The van der Waals surface area contributed by atoms with Crippen LogP contribution in [0.4, 0.5) is 0 Å². The summed E-state index contributed by atoms with van der Waals surface area (Å²) < 4.78 is 5.66. The Kier molecular flexibility index (Phi) is 2.29. The third kappa shape index (κ3) is 1.83. The van der Waals surface area contributed by atoms with Gasteiger partial charge in [-0.15, -0.1) is 17.7 Å². The number of nitrogens with zero attached hydrogens (tertiary/aromatic N) is 2. The number of hydrogen-bond donors (Lipinski definition) is 1. The van der Waals surface area contributed by atoms with Gasteiger partial charge in [-0.2, -0.15) is 0 Å². The van der Waals surface area contributed by atoms with Crippen molar-refractivity contribution < 1.29 is 4.74 Å². The summed E-state index contributed by atoms with van der Waals surface area (Å²) in [6.45, 7) is 2.53. The van der Waals surface area contributed by atoms with Crippen molar-refractivity contribution >= 4 is 24.0 Å². The molecule has 0 fully saturated rings. The monoisotopic (exact) mass is 162 g/mol. The summed E-state index contributed by atoms with van der Waals surface area (Å²) >= 11 is 5.29. The van der Waals surface area contributed by atoms with Crippen molar-refractivity contribution in [2.75, 3.05) is 6.61 Å². The molecule has 0 saturated carbocycles. The third-order valence-corrected chi connectivity index (χ3v) is 1.67. The van der Waals surface area contributed by atoms with Gasteiger partial charge in [-0.3, -0.25) is 0 Å². The SMILES string of the molecule is CCOc1nnc(S)s1. The normalized spacial score (nSPS) is 9.56. The molecule has 0 unspecified atom stereocenters. The molecule has 0 aliphatic rings. The van der Waals surface area contributed by atoms with Crippen molar-refractivity contribution in [3.8, 4) is 5.19 Å². The molecular formula is C4H6N2OS2. The fourth-order valence-corrected chi connectivity index (χ4v) is 1.16. The van der Waals surface area contributed by atoms with Crippen LogP contribution in [0.15, 0.2) is 4.34 Å². The van der Waals surface area contributed by atoms with Crippen LogP contribution in [-0.4, -0.2) is 16.8 Å². The van der Waals surface area contributed by atoms with E-state index < -0.39 is 0 Å². The van der Waals surface area contributed by atoms with Crippen molar-refractivity contribution in [3.05, 3.63) is 0 Å². The minimum atomic E-state index is 0.586. The molecule has 50 valence electrons. The van der Waals surface area contributed by atoms with Gasteiger partial charge in [-0.1, -0.05) is 5.10 Å². The Morgan fingerprint density at radius 2 is 2.44 bits per heavy atom. The molecule has 0 saturated heterocycles. The van der Waals surface area contributed by atoms with Gasteiger partial charge in [0.15, 0.2) is 4.34 Å². The highest BCUT2D eigenvalue weighted by Gasteiger charge is 1.97. The van der Waals surface area contributed by atoms with Gasteiger partial charge in [0.1, 0.15) is 0 Å². The third-order valence-electron chi connectivity index (χ3n) is 0.664. The molecule has 1 aromatic heterocycles. The van der Waals surface area contributed by atoms with E-state index in [0.717, 1.165) is 0 Å². The maximum absolute atomic E-state index is 5.02. The number of aromatic nitrogens is 2. The number of ether oxygens (including phenoxy) is 1. The zero-order chi connectivity index (χ0) is 6.69. The van der Waals surface area contributed by atoms with Gasteiger partial charge >= 0.3 is 0 Å². The topological polar surface area (TPSA) is 35.0 Å². The Hall–Kier alpha value is -0.290. The lowest BCUT2D eigenvalue weighted by Crippen LogP contribution is -1.89. The predicted molar refractivity (Wildman–Crippen MR) is 38.3 cm³/mol. The summed E-state index contributed by atoms with van der Waals surface area (Å²) in [4.78, 5) is 0. The summed E-state index contributed by atoms with van der Waals surface area (Å²) in [6.07, 6.45) is 0. The number of rotatable bonds is 2. The summed E-state index contributed by atoms with van der Waals surface area (Å²) in [5.74, 6) is 0. The predicted octanol–water partition coefficient (Wildman–Crippen LogP) is 1.23. The van der Waals surface area contributed by atoms with E-state index in [1.165, 1.54) is 11.3 Å². The standard InChI is InChI=1S/C4H6N2OS2/c1-2-7-3-5-6-4(8)9-3/h2H2,1H3,(H,6,8). The molecule has 0 aliphatic carbocycles. The van der Waals surface area contributed by atoms with E-state index in [1.54, 1.807) is 0 Å². The van der Waals surface area contributed by atoms with Crippen LogP contribution >= 0.6 is 24.0 Å². The first-order chi connectivity index (χ1) is 4.33. The first-order valence-corrected chi connectivity index (χ1v) is 3.74. The minimum absolute atomic E-state index is 0.586. The van der Waals surface area contributed by atoms with Gasteiger partial charge in [0.2, 0.25) is 0 Å². The van der Waals surface area contributed by atoms with Gasteiger partial charge < -0.3 is 4.74 Å². The van der Waals surface area contributed by atoms with E-state index in [1.807, 2.05) is 6.92 Å². The molecule has 1 aromatic rings. The lowest BCUT2D eigenvalue weighted by molar-refractivity contribution is 0.335.